The van der Waals surface area contributed by atoms with Gasteiger partial charge in [-0.1, -0.05) is 18.2 Å². The highest BCUT2D eigenvalue weighted by atomic mass is 16.1. The Labute approximate surface area is 137 Å². The third kappa shape index (κ3) is 3.70. The molecule has 0 unspecified atom stereocenters. The number of carbonyl (C=O) groups is 1. The molecule has 3 rings (SSSR count). The highest BCUT2D eigenvalue weighted by Gasteiger charge is 2.14. The lowest BCUT2D eigenvalue weighted by Gasteiger charge is -2.15. The van der Waals surface area contributed by atoms with Gasteiger partial charge in [0.05, 0.1) is 11.1 Å². The fourth-order valence-corrected chi connectivity index (χ4v) is 3.31. The van der Waals surface area contributed by atoms with E-state index in [0.717, 1.165) is 47.2 Å². The Balaban J connectivity index is 1.67. The van der Waals surface area contributed by atoms with Crippen LogP contribution in [0.5, 0.6) is 0 Å². The predicted molar refractivity (Wildman–Crippen MR) is 93.8 cm³/mol. The number of likely N-dealkylation sites (tertiary alicyclic amines) is 1. The lowest BCUT2D eigenvalue weighted by atomic mass is 10.0. The van der Waals surface area contributed by atoms with E-state index < -0.39 is 0 Å². The number of carbonyl (C=O) groups excluding carboxylic acids is 1. The number of nitrogens with zero attached hydrogens (tertiary/aromatic N) is 2. The van der Waals surface area contributed by atoms with Crippen LogP contribution in [0.15, 0.2) is 24.3 Å². The Kier molecular flexibility index (Phi) is 4.91. The van der Waals surface area contributed by atoms with Crippen LogP contribution in [0.4, 0.5) is 0 Å². The highest BCUT2D eigenvalue weighted by Crippen LogP contribution is 2.21. The van der Waals surface area contributed by atoms with Gasteiger partial charge in [0.25, 0.3) is 5.91 Å². The Morgan fingerprint density at radius 2 is 2.04 bits per heavy atom. The van der Waals surface area contributed by atoms with Gasteiger partial charge in [-0.2, -0.15) is 0 Å². The van der Waals surface area contributed by atoms with Crippen molar-refractivity contribution >= 4 is 16.8 Å². The first kappa shape index (κ1) is 15.9. The summed E-state index contributed by atoms with van der Waals surface area (Å²) in [5.74, 6) is 0.00696. The van der Waals surface area contributed by atoms with Crippen LogP contribution in [0.3, 0.4) is 0 Å². The van der Waals surface area contributed by atoms with Gasteiger partial charge in [0.15, 0.2) is 0 Å². The second kappa shape index (κ2) is 7.09. The Bertz CT molecular complexity index is 705. The van der Waals surface area contributed by atoms with E-state index in [1.54, 1.807) is 0 Å². The molecule has 0 radical (unpaired) electrons. The topological polar surface area (TPSA) is 45.2 Å². The van der Waals surface area contributed by atoms with E-state index in [0.29, 0.717) is 0 Å². The fourth-order valence-electron chi connectivity index (χ4n) is 3.31. The average Bonchev–Trinajstić information content (AvgIpc) is 3.05. The summed E-state index contributed by atoms with van der Waals surface area (Å²) in [5, 5.41) is 4.01. The van der Waals surface area contributed by atoms with Gasteiger partial charge in [-0.25, -0.2) is 0 Å². The summed E-state index contributed by atoms with van der Waals surface area (Å²) >= 11 is 0. The van der Waals surface area contributed by atoms with E-state index in [4.69, 9.17) is 0 Å². The molecule has 1 aromatic carbocycles. The molecule has 4 heteroatoms. The van der Waals surface area contributed by atoms with Crippen LogP contribution in [0.25, 0.3) is 10.9 Å². The van der Waals surface area contributed by atoms with Gasteiger partial charge in [0.1, 0.15) is 0 Å². The minimum absolute atomic E-state index is 0.00696. The molecule has 1 fully saturated rings. The van der Waals surface area contributed by atoms with Gasteiger partial charge < -0.3 is 10.2 Å². The Hall–Kier alpha value is -1.94. The largest absolute Gasteiger partial charge is 0.352 e. The number of pyridine rings is 1. The quantitative estimate of drug-likeness (QED) is 0.863. The standard InChI is InChI=1S/C19H25N3O/c1-14-7-5-8-16-17(13-15(2)21-18(14)16)19(23)20-9-6-12-22-10-3-4-11-22/h5,7-8,13H,3-4,6,9-12H2,1-2H3,(H,20,23). The zero-order valence-electron chi connectivity index (χ0n) is 14.1. The molecule has 1 aliphatic heterocycles. The van der Waals surface area contributed by atoms with E-state index in [9.17, 15) is 4.79 Å². The van der Waals surface area contributed by atoms with E-state index in [1.165, 1.54) is 25.9 Å². The van der Waals surface area contributed by atoms with Crippen molar-refractivity contribution in [3.8, 4) is 0 Å². The molecule has 0 aliphatic carbocycles. The molecule has 1 N–H and O–H groups in total. The molecule has 2 aromatic rings. The zero-order chi connectivity index (χ0) is 16.2. The van der Waals surface area contributed by atoms with Crippen LogP contribution in [0.2, 0.25) is 0 Å². The number of benzene rings is 1. The van der Waals surface area contributed by atoms with Gasteiger partial charge in [-0.05, 0) is 64.4 Å². The monoisotopic (exact) mass is 311 g/mol. The number of fused-ring (bicyclic) bond motifs is 1. The number of hydrogen-bond acceptors (Lipinski definition) is 3. The van der Waals surface area contributed by atoms with Crippen LogP contribution in [0.1, 0.15) is 40.9 Å². The van der Waals surface area contributed by atoms with E-state index in [2.05, 4.69) is 15.2 Å². The first-order valence-electron chi connectivity index (χ1n) is 8.52. The van der Waals surface area contributed by atoms with Crippen molar-refractivity contribution in [2.45, 2.75) is 33.1 Å². The molecule has 122 valence electrons. The molecule has 0 bridgehead atoms. The molecule has 23 heavy (non-hydrogen) atoms. The van der Waals surface area contributed by atoms with Crippen molar-refractivity contribution in [2.24, 2.45) is 0 Å². The molecule has 0 saturated carbocycles. The van der Waals surface area contributed by atoms with Gasteiger partial charge in [0.2, 0.25) is 0 Å². The minimum atomic E-state index is 0.00696. The molecular weight excluding hydrogens is 286 g/mol. The zero-order valence-corrected chi connectivity index (χ0v) is 14.1. The Morgan fingerprint density at radius 3 is 2.83 bits per heavy atom. The molecule has 0 spiro atoms. The van der Waals surface area contributed by atoms with Crippen molar-refractivity contribution in [1.82, 2.24) is 15.2 Å². The van der Waals surface area contributed by atoms with E-state index in [-0.39, 0.29) is 5.91 Å². The number of nitrogens with one attached hydrogen (secondary N) is 1. The maximum absolute atomic E-state index is 12.6. The summed E-state index contributed by atoms with van der Waals surface area (Å²) in [4.78, 5) is 19.6. The summed E-state index contributed by atoms with van der Waals surface area (Å²) in [6.45, 7) is 8.20. The fraction of sp³-hybridized carbons (Fsp3) is 0.474. The number of rotatable bonds is 5. The van der Waals surface area contributed by atoms with E-state index in [1.807, 2.05) is 38.1 Å². The summed E-state index contributed by atoms with van der Waals surface area (Å²) < 4.78 is 0. The van der Waals surface area contributed by atoms with Gasteiger partial charge in [0, 0.05) is 17.6 Å². The lowest BCUT2D eigenvalue weighted by molar-refractivity contribution is 0.0953. The molecule has 1 saturated heterocycles. The molecule has 0 atom stereocenters. The molecular formula is C19H25N3O. The van der Waals surface area contributed by atoms with Crippen LogP contribution in [-0.2, 0) is 0 Å². The van der Waals surface area contributed by atoms with Gasteiger partial charge in [-0.3, -0.25) is 9.78 Å². The maximum Gasteiger partial charge on any atom is 0.252 e. The van der Waals surface area contributed by atoms with Crippen LogP contribution < -0.4 is 5.32 Å². The number of para-hydroxylation sites is 1. The predicted octanol–water partition coefficient (Wildman–Crippen LogP) is 3.07. The van der Waals surface area contributed by atoms with Crippen LogP contribution in [-0.4, -0.2) is 42.0 Å². The molecule has 2 heterocycles. The SMILES string of the molecule is Cc1cc(C(=O)NCCCN2CCCC2)c2cccc(C)c2n1. The molecule has 1 aliphatic rings. The number of hydrogen-bond donors (Lipinski definition) is 1. The summed E-state index contributed by atoms with van der Waals surface area (Å²) in [6.07, 6.45) is 3.63. The van der Waals surface area contributed by atoms with Crippen molar-refractivity contribution in [2.75, 3.05) is 26.2 Å². The van der Waals surface area contributed by atoms with Crippen molar-refractivity contribution in [3.63, 3.8) is 0 Å². The van der Waals surface area contributed by atoms with Crippen LogP contribution in [0, 0.1) is 13.8 Å². The minimum Gasteiger partial charge on any atom is -0.352 e. The third-order valence-corrected chi connectivity index (χ3v) is 4.55. The van der Waals surface area contributed by atoms with E-state index >= 15 is 0 Å². The molecule has 4 nitrogen and oxygen atoms in total. The van der Waals surface area contributed by atoms with Gasteiger partial charge in [-0.15, -0.1) is 0 Å². The Morgan fingerprint density at radius 1 is 1.26 bits per heavy atom. The highest BCUT2D eigenvalue weighted by molar-refractivity contribution is 6.06. The first-order chi connectivity index (χ1) is 11.1. The average molecular weight is 311 g/mol. The summed E-state index contributed by atoms with van der Waals surface area (Å²) in [6, 6.07) is 7.89. The number of aryl methyl sites for hydroxylation is 2. The third-order valence-electron chi connectivity index (χ3n) is 4.55. The lowest BCUT2D eigenvalue weighted by Crippen LogP contribution is -2.28. The molecule has 1 amide bonds. The second-order valence-corrected chi connectivity index (χ2v) is 6.44. The summed E-state index contributed by atoms with van der Waals surface area (Å²) in [7, 11) is 0. The van der Waals surface area contributed by atoms with Crippen molar-refractivity contribution in [1.29, 1.82) is 0 Å². The smallest absolute Gasteiger partial charge is 0.252 e. The number of aromatic nitrogens is 1. The molecule has 1 aromatic heterocycles. The van der Waals surface area contributed by atoms with Crippen LogP contribution >= 0.6 is 0 Å². The normalized spacial score (nSPS) is 15.2. The first-order valence-corrected chi connectivity index (χ1v) is 8.52. The second-order valence-electron chi connectivity index (χ2n) is 6.44. The summed E-state index contributed by atoms with van der Waals surface area (Å²) in [5.41, 5.74) is 3.65. The van der Waals surface area contributed by atoms with Crippen molar-refractivity contribution in [3.05, 3.63) is 41.1 Å². The van der Waals surface area contributed by atoms with Gasteiger partial charge >= 0.3 is 0 Å². The van der Waals surface area contributed by atoms with Crippen molar-refractivity contribution < 1.29 is 4.79 Å². The number of amides is 1. The maximum atomic E-state index is 12.6.